The summed E-state index contributed by atoms with van der Waals surface area (Å²) in [5.41, 5.74) is 0.839. The van der Waals surface area contributed by atoms with Gasteiger partial charge in [-0.15, -0.1) is 0 Å². The normalized spacial score (nSPS) is 14.4. The molecule has 0 atom stereocenters. The Bertz CT molecular complexity index is 666. The molecule has 0 radical (unpaired) electrons. The fraction of sp³-hybridized carbons (Fsp3) is 0.200. The van der Waals surface area contributed by atoms with E-state index >= 15 is 0 Å². The van der Waals surface area contributed by atoms with Crippen molar-refractivity contribution in [3.8, 4) is 0 Å². The number of nitrogens with one attached hydrogen (secondary N) is 2. The Hall–Kier alpha value is -2.14. The standard InChI is InChI=1S/C15H15N3OS/c19-14(10-18-9-8-16-15(18)20)17-13-7-3-5-11-4-1-2-6-12(11)13/h1-7H,8-10H2,(H,16,20)(H,17,19). The molecule has 1 aliphatic heterocycles. The molecule has 0 aliphatic carbocycles. The van der Waals surface area contributed by atoms with E-state index in [1.165, 1.54) is 0 Å². The predicted molar refractivity (Wildman–Crippen MR) is 84.8 cm³/mol. The van der Waals surface area contributed by atoms with Gasteiger partial charge in [0.1, 0.15) is 0 Å². The molecule has 4 nitrogen and oxygen atoms in total. The van der Waals surface area contributed by atoms with Crippen molar-refractivity contribution in [2.75, 3.05) is 25.0 Å². The maximum atomic E-state index is 12.1. The van der Waals surface area contributed by atoms with Crippen molar-refractivity contribution in [2.24, 2.45) is 0 Å². The second-order valence-electron chi connectivity index (χ2n) is 4.73. The minimum absolute atomic E-state index is 0.0487. The van der Waals surface area contributed by atoms with Gasteiger partial charge in [-0.2, -0.15) is 0 Å². The summed E-state index contributed by atoms with van der Waals surface area (Å²) in [4.78, 5) is 14.0. The molecule has 5 heteroatoms. The third-order valence-electron chi connectivity index (χ3n) is 3.34. The third-order valence-corrected chi connectivity index (χ3v) is 3.75. The largest absolute Gasteiger partial charge is 0.361 e. The second-order valence-corrected chi connectivity index (χ2v) is 5.12. The van der Waals surface area contributed by atoms with Crippen molar-refractivity contribution >= 4 is 39.7 Å². The Morgan fingerprint density at radius 2 is 2.05 bits per heavy atom. The summed E-state index contributed by atoms with van der Waals surface area (Å²) in [5, 5.41) is 8.82. The zero-order valence-electron chi connectivity index (χ0n) is 10.9. The minimum Gasteiger partial charge on any atom is -0.361 e. The average molecular weight is 285 g/mol. The van der Waals surface area contributed by atoms with Crippen molar-refractivity contribution in [3.05, 3.63) is 42.5 Å². The number of hydrogen-bond donors (Lipinski definition) is 2. The maximum Gasteiger partial charge on any atom is 0.243 e. The highest BCUT2D eigenvalue weighted by Gasteiger charge is 2.18. The van der Waals surface area contributed by atoms with Crippen LogP contribution in [0.15, 0.2) is 42.5 Å². The number of nitrogens with zero attached hydrogens (tertiary/aromatic N) is 1. The van der Waals surface area contributed by atoms with Crippen LogP contribution in [0.25, 0.3) is 10.8 Å². The number of fused-ring (bicyclic) bond motifs is 1. The van der Waals surface area contributed by atoms with Crippen molar-refractivity contribution < 1.29 is 4.79 Å². The molecule has 1 aliphatic rings. The van der Waals surface area contributed by atoms with Gasteiger partial charge >= 0.3 is 0 Å². The molecule has 0 aromatic heterocycles. The van der Waals surface area contributed by atoms with Crippen molar-refractivity contribution in [1.82, 2.24) is 10.2 Å². The van der Waals surface area contributed by atoms with E-state index in [2.05, 4.69) is 10.6 Å². The van der Waals surface area contributed by atoms with E-state index in [9.17, 15) is 4.79 Å². The number of carbonyl (C=O) groups is 1. The lowest BCUT2D eigenvalue weighted by atomic mass is 10.1. The van der Waals surface area contributed by atoms with Gasteiger partial charge in [-0.25, -0.2) is 0 Å². The lowest BCUT2D eigenvalue weighted by Crippen LogP contribution is -2.35. The molecule has 0 bridgehead atoms. The van der Waals surface area contributed by atoms with Gasteiger partial charge in [-0.1, -0.05) is 36.4 Å². The fourth-order valence-electron chi connectivity index (χ4n) is 2.36. The van der Waals surface area contributed by atoms with Gasteiger partial charge in [0.05, 0.1) is 6.54 Å². The predicted octanol–water partition coefficient (Wildman–Crippen LogP) is 1.97. The summed E-state index contributed by atoms with van der Waals surface area (Å²) in [6.07, 6.45) is 0. The van der Waals surface area contributed by atoms with Gasteiger partial charge in [0.25, 0.3) is 0 Å². The second kappa shape index (κ2) is 5.46. The van der Waals surface area contributed by atoms with E-state index in [-0.39, 0.29) is 12.5 Å². The lowest BCUT2D eigenvalue weighted by Gasteiger charge is -2.16. The molecule has 1 fully saturated rings. The zero-order valence-corrected chi connectivity index (χ0v) is 11.7. The van der Waals surface area contributed by atoms with Crippen molar-refractivity contribution in [1.29, 1.82) is 0 Å². The molecule has 1 amide bonds. The Labute approximate surface area is 122 Å². The first-order valence-corrected chi connectivity index (χ1v) is 6.95. The summed E-state index contributed by atoms with van der Waals surface area (Å²) in [6, 6.07) is 13.9. The van der Waals surface area contributed by atoms with Crippen molar-refractivity contribution in [2.45, 2.75) is 0 Å². The first kappa shape index (κ1) is 12.9. The molecule has 0 saturated carbocycles. The maximum absolute atomic E-state index is 12.1. The Kier molecular flexibility index (Phi) is 3.52. The van der Waals surface area contributed by atoms with Gasteiger partial charge in [0, 0.05) is 24.2 Å². The number of amides is 1. The lowest BCUT2D eigenvalue weighted by molar-refractivity contribution is -0.116. The average Bonchev–Trinajstić information content (AvgIpc) is 2.85. The van der Waals surface area contributed by atoms with Gasteiger partial charge in [-0.05, 0) is 23.7 Å². The molecule has 0 unspecified atom stereocenters. The highest BCUT2D eigenvalue weighted by molar-refractivity contribution is 7.80. The summed E-state index contributed by atoms with van der Waals surface area (Å²) < 4.78 is 0. The molecule has 20 heavy (non-hydrogen) atoms. The minimum atomic E-state index is -0.0487. The number of thiocarbonyl (C=S) groups is 1. The van der Waals surface area contributed by atoms with Crippen LogP contribution in [0.4, 0.5) is 5.69 Å². The highest BCUT2D eigenvalue weighted by atomic mass is 32.1. The fourth-order valence-corrected chi connectivity index (χ4v) is 2.62. The quantitative estimate of drug-likeness (QED) is 0.846. The molecule has 2 aromatic carbocycles. The molecule has 1 saturated heterocycles. The van der Waals surface area contributed by atoms with Crippen LogP contribution in [0, 0.1) is 0 Å². The van der Waals surface area contributed by atoms with E-state index in [1.54, 1.807) is 0 Å². The molecule has 2 N–H and O–H groups in total. The monoisotopic (exact) mass is 285 g/mol. The summed E-state index contributed by atoms with van der Waals surface area (Å²) >= 11 is 5.14. The first-order valence-electron chi connectivity index (χ1n) is 6.54. The van der Waals surface area contributed by atoms with Crippen LogP contribution in [0.2, 0.25) is 0 Å². The highest BCUT2D eigenvalue weighted by Crippen LogP contribution is 2.22. The first-order chi connectivity index (χ1) is 9.74. The number of anilines is 1. The van der Waals surface area contributed by atoms with Crippen LogP contribution in [0.5, 0.6) is 0 Å². The Morgan fingerprint density at radius 3 is 2.85 bits per heavy atom. The number of hydrogen-bond acceptors (Lipinski definition) is 2. The van der Waals surface area contributed by atoms with Gasteiger partial charge in [0.15, 0.2) is 5.11 Å². The molecular formula is C15H15N3OS. The van der Waals surface area contributed by atoms with Crippen LogP contribution in [0.3, 0.4) is 0 Å². The molecule has 3 rings (SSSR count). The van der Waals surface area contributed by atoms with Gasteiger partial charge in [-0.3, -0.25) is 4.79 Å². The number of carbonyl (C=O) groups excluding carboxylic acids is 1. The summed E-state index contributed by atoms with van der Waals surface area (Å²) in [6.45, 7) is 1.87. The van der Waals surface area contributed by atoms with Crippen LogP contribution >= 0.6 is 12.2 Å². The topological polar surface area (TPSA) is 44.4 Å². The summed E-state index contributed by atoms with van der Waals surface area (Å²) in [5.74, 6) is -0.0487. The van der Waals surface area contributed by atoms with Crippen LogP contribution < -0.4 is 10.6 Å². The molecule has 102 valence electrons. The van der Waals surface area contributed by atoms with Gasteiger partial charge < -0.3 is 15.5 Å². The molecular weight excluding hydrogens is 270 g/mol. The molecule has 1 heterocycles. The van der Waals surface area contributed by atoms with Crippen molar-refractivity contribution in [3.63, 3.8) is 0 Å². The van der Waals surface area contributed by atoms with Crippen LogP contribution in [-0.4, -0.2) is 35.6 Å². The summed E-state index contributed by atoms with van der Waals surface area (Å²) in [7, 11) is 0. The molecule has 2 aromatic rings. The van der Waals surface area contributed by atoms with E-state index in [0.29, 0.717) is 5.11 Å². The third kappa shape index (κ3) is 2.58. The smallest absolute Gasteiger partial charge is 0.243 e. The van der Waals surface area contributed by atoms with E-state index in [0.717, 1.165) is 29.5 Å². The van der Waals surface area contributed by atoms with E-state index in [4.69, 9.17) is 12.2 Å². The van der Waals surface area contributed by atoms with E-state index in [1.807, 2.05) is 47.4 Å². The zero-order chi connectivity index (χ0) is 13.9. The Morgan fingerprint density at radius 1 is 1.25 bits per heavy atom. The van der Waals surface area contributed by atoms with Gasteiger partial charge in [0.2, 0.25) is 5.91 Å². The Balaban J connectivity index is 1.76. The SMILES string of the molecule is O=C(CN1CCNC1=S)Nc1cccc2ccccc12. The molecule has 0 spiro atoms. The van der Waals surface area contributed by atoms with Crippen LogP contribution in [-0.2, 0) is 4.79 Å². The van der Waals surface area contributed by atoms with Crippen LogP contribution in [0.1, 0.15) is 0 Å². The number of benzene rings is 2. The number of rotatable bonds is 3. The van der Waals surface area contributed by atoms with E-state index < -0.39 is 0 Å².